The number of halogens is 1. The highest BCUT2D eigenvalue weighted by atomic mass is 19.1. The Labute approximate surface area is 143 Å². The maximum absolute atomic E-state index is 12.7. The van der Waals surface area contributed by atoms with Crippen LogP contribution in [-0.4, -0.2) is 38.6 Å². The molecule has 0 bridgehead atoms. The second-order valence-corrected chi connectivity index (χ2v) is 6.61. The van der Waals surface area contributed by atoms with Crippen molar-refractivity contribution in [3.05, 3.63) is 29.5 Å². The van der Waals surface area contributed by atoms with Crippen LogP contribution >= 0.6 is 0 Å². The number of hydrogen-bond acceptors (Lipinski definition) is 4. The Hall–Kier alpha value is -2.04. The average Bonchev–Trinajstić information content (AvgIpc) is 3.41. The first kappa shape index (κ1) is 16.8. The normalized spacial score (nSPS) is 21.2. The molecule has 1 fully saturated rings. The molecule has 0 saturated heterocycles. The van der Waals surface area contributed by atoms with E-state index in [0.29, 0.717) is 12.1 Å². The van der Waals surface area contributed by atoms with Crippen molar-refractivity contribution in [3.63, 3.8) is 0 Å². The fourth-order valence-corrected chi connectivity index (χ4v) is 3.12. The van der Waals surface area contributed by atoms with Crippen molar-refractivity contribution in [2.24, 2.45) is 10.7 Å². The molecule has 1 aromatic rings. The molecule has 0 aromatic heterocycles. The molecule has 2 aliphatic rings. The summed E-state index contributed by atoms with van der Waals surface area (Å²) in [7, 11) is 2.09. The summed E-state index contributed by atoms with van der Waals surface area (Å²) in [5.41, 5.74) is 9.87. The number of aliphatic imine (C=N–C) groups is 1. The van der Waals surface area contributed by atoms with Crippen molar-refractivity contribution >= 4 is 17.5 Å². The summed E-state index contributed by atoms with van der Waals surface area (Å²) in [6.45, 7) is 1.76. The zero-order chi connectivity index (χ0) is 17.1. The Morgan fingerprint density at radius 2 is 2.21 bits per heavy atom. The number of hydrogen-bond donors (Lipinski definition) is 1. The highest BCUT2D eigenvalue weighted by molar-refractivity contribution is 6.11. The molecule has 1 unspecified atom stereocenters. The monoisotopic (exact) mass is 331 g/mol. The van der Waals surface area contributed by atoms with E-state index in [9.17, 15) is 4.39 Å². The number of nitrogens with two attached hydrogens (primary N) is 1. The fourth-order valence-electron chi connectivity index (χ4n) is 3.12. The van der Waals surface area contributed by atoms with E-state index in [1.165, 1.54) is 0 Å². The van der Waals surface area contributed by atoms with Crippen LogP contribution in [0.1, 0.15) is 37.3 Å². The number of allylic oxidation sites excluding steroid dienone is 1. The second kappa shape index (κ2) is 7.24. The first-order chi connectivity index (χ1) is 11.7. The topological polar surface area (TPSA) is 50.9 Å². The van der Waals surface area contributed by atoms with Gasteiger partial charge in [0.05, 0.1) is 6.04 Å². The molecule has 2 N–H and O–H groups in total. The minimum absolute atomic E-state index is 0.0559. The largest absolute Gasteiger partial charge is 0.490 e. The number of nitrogens with zero attached hydrogens (tertiary/aromatic N) is 2. The third kappa shape index (κ3) is 3.40. The van der Waals surface area contributed by atoms with Crippen LogP contribution in [0.4, 0.5) is 10.1 Å². The first-order valence-corrected chi connectivity index (χ1v) is 8.68. The van der Waals surface area contributed by atoms with Gasteiger partial charge in [0.2, 0.25) is 0 Å². The Balaban J connectivity index is 2.01. The lowest BCUT2D eigenvalue weighted by atomic mass is 9.92. The SMILES string of the molecule is CC1CCc2c(ccc(C(C=NC3CC3)=CN)c2OCCF)N1C. The Bertz CT molecular complexity index is 652. The zero-order valence-corrected chi connectivity index (χ0v) is 14.5. The lowest BCUT2D eigenvalue weighted by Crippen LogP contribution is -2.34. The van der Waals surface area contributed by atoms with Gasteiger partial charge in [0.25, 0.3) is 0 Å². The third-order valence-corrected chi connectivity index (χ3v) is 4.87. The molecule has 0 spiro atoms. The summed E-state index contributed by atoms with van der Waals surface area (Å²) in [5.74, 6) is 0.753. The average molecular weight is 331 g/mol. The molecule has 3 rings (SSSR count). The second-order valence-electron chi connectivity index (χ2n) is 6.61. The number of anilines is 1. The maximum atomic E-state index is 12.7. The molecule has 1 saturated carbocycles. The molecule has 4 nitrogen and oxygen atoms in total. The van der Waals surface area contributed by atoms with E-state index in [2.05, 4.69) is 29.9 Å². The molecule has 130 valence electrons. The number of alkyl halides is 1. The van der Waals surface area contributed by atoms with Gasteiger partial charge in [-0.05, 0) is 44.7 Å². The van der Waals surface area contributed by atoms with Gasteiger partial charge in [-0.1, -0.05) is 0 Å². The molecule has 1 aliphatic heterocycles. The molecule has 5 heteroatoms. The van der Waals surface area contributed by atoms with Crippen molar-refractivity contribution in [3.8, 4) is 5.75 Å². The van der Waals surface area contributed by atoms with Crippen LogP contribution in [0, 0.1) is 0 Å². The summed E-state index contributed by atoms with van der Waals surface area (Å²) in [6.07, 6.45) is 7.66. The number of rotatable bonds is 6. The van der Waals surface area contributed by atoms with Crippen LogP contribution in [0.2, 0.25) is 0 Å². The van der Waals surface area contributed by atoms with Gasteiger partial charge in [-0.3, -0.25) is 4.99 Å². The van der Waals surface area contributed by atoms with E-state index in [0.717, 1.165) is 53.8 Å². The minimum Gasteiger partial charge on any atom is -0.490 e. The summed E-state index contributed by atoms with van der Waals surface area (Å²) >= 11 is 0. The first-order valence-electron chi connectivity index (χ1n) is 8.68. The quantitative estimate of drug-likeness (QED) is 0.814. The predicted molar refractivity (Wildman–Crippen MR) is 97.8 cm³/mol. The van der Waals surface area contributed by atoms with Gasteiger partial charge < -0.3 is 15.4 Å². The molecule has 0 amide bonds. The molecule has 1 aromatic carbocycles. The van der Waals surface area contributed by atoms with E-state index in [-0.39, 0.29) is 6.61 Å². The van der Waals surface area contributed by atoms with Gasteiger partial charge >= 0.3 is 0 Å². The maximum Gasteiger partial charge on any atom is 0.132 e. The van der Waals surface area contributed by atoms with Crippen molar-refractivity contribution in [2.45, 2.75) is 44.7 Å². The van der Waals surface area contributed by atoms with Crippen molar-refractivity contribution in [2.75, 3.05) is 25.2 Å². The van der Waals surface area contributed by atoms with Crippen molar-refractivity contribution in [1.82, 2.24) is 0 Å². The van der Waals surface area contributed by atoms with E-state index < -0.39 is 6.67 Å². The number of fused-ring (bicyclic) bond motifs is 1. The highest BCUT2D eigenvalue weighted by Crippen LogP contribution is 2.40. The van der Waals surface area contributed by atoms with Gasteiger partial charge in [0.1, 0.15) is 19.0 Å². The Morgan fingerprint density at radius 1 is 1.42 bits per heavy atom. The summed E-state index contributed by atoms with van der Waals surface area (Å²) in [4.78, 5) is 6.79. The molecule has 24 heavy (non-hydrogen) atoms. The van der Waals surface area contributed by atoms with Gasteiger partial charge in [0.15, 0.2) is 0 Å². The Morgan fingerprint density at radius 3 is 2.88 bits per heavy atom. The smallest absolute Gasteiger partial charge is 0.132 e. The van der Waals surface area contributed by atoms with Crippen LogP contribution in [0.3, 0.4) is 0 Å². The lowest BCUT2D eigenvalue weighted by Gasteiger charge is -2.35. The van der Waals surface area contributed by atoms with Gasteiger partial charge in [-0.25, -0.2) is 4.39 Å². The predicted octanol–water partition coefficient (Wildman–Crippen LogP) is 3.34. The number of ether oxygens (including phenoxy) is 1. The van der Waals surface area contributed by atoms with Crippen LogP contribution in [0.25, 0.3) is 5.57 Å². The van der Waals surface area contributed by atoms with E-state index in [1.807, 2.05) is 12.3 Å². The molecule has 1 heterocycles. The molecular formula is C19H26FN3O. The van der Waals surface area contributed by atoms with Crippen LogP contribution in [0.5, 0.6) is 5.75 Å². The van der Waals surface area contributed by atoms with Crippen LogP contribution in [0.15, 0.2) is 23.3 Å². The Kier molecular flexibility index (Phi) is 5.07. The van der Waals surface area contributed by atoms with E-state index in [1.54, 1.807) is 6.20 Å². The summed E-state index contributed by atoms with van der Waals surface area (Å²) in [6, 6.07) is 5.04. The van der Waals surface area contributed by atoms with Crippen molar-refractivity contribution < 1.29 is 9.13 Å². The summed E-state index contributed by atoms with van der Waals surface area (Å²) < 4.78 is 18.5. The zero-order valence-electron chi connectivity index (χ0n) is 14.5. The van der Waals surface area contributed by atoms with Crippen molar-refractivity contribution in [1.29, 1.82) is 0 Å². The van der Waals surface area contributed by atoms with E-state index in [4.69, 9.17) is 10.5 Å². The van der Waals surface area contributed by atoms with Gasteiger partial charge in [-0.15, -0.1) is 0 Å². The van der Waals surface area contributed by atoms with Crippen LogP contribution < -0.4 is 15.4 Å². The van der Waals surface area contributed by atoms with Gasteiger partial charge in [-0.2, -0.15) is 0 Å². The third-order valence-electron chi connectivity index (χ3n) is 4.87. The fraction of sp³-hybridized carbons (Fsp3) is 0.526. The van der Waals surface area contributed by atoms with E-state index >= 15 is 0 Å². The lowest BCUT2D eigenvalue weighted by molar-refractivity contribution is 0.270. The molecular weight excluding hydrogens is 305 g/mol. The summed E-state index contributed by atoms with van der Waals surface area (Å²) in [5, 5.41) is 0. The molecule has 0 radical (unpaired) electrons. The number of benzene rings is 1. The standard InChI is InChI=1S/C19H26FN3O/c1-13-3-6-17-18(23(13)2)8-7-16(19(17)24-10-9-20)14(11-21)12-22-15-4-5-15/h7-8,11-13,15H,3-6,9-10,21H2,1-2H3. The molecule has 1 aliphatic carbocycles. The minimum atomic E-state index is -0.507. The van der Waals surface area contributed by atoms with Crippen LogP contribution in [-0.2, 0) is 6.42 Å². The highest BCUT2D eigenvalue weighted by Gasteiger charge is 2.26. The molecule has 1 atom stereocenters. The van der Waals surface area contributed by atoms with Gasteiger partial charge in [0, 0.05) is 47.9 Å².